The van der Waals surface area contributed by atoms with Gasteiger partial charge < -0.3 is 15.8 Å². The molecule has 0 atom stereocenters. The highest BCUT2D eigenvalue weighted by Crippen LogP contribution is 2.22. The van der Waals surface area contributed by atoms with Crippen LogP contribution in [-0.2, 0) is 6.54 Å². The molecular weight excluding hydrogens is 353 g/mol. The number of hydrogen-bond donors (Lipinski definition) is 2. The predicted molar refractivity (Wildman–Crippen MR) is 111 cm³/mol. The van der Waals surface area contributed by atoms with Crippen molar-refractivity contribution in [3.63, 3.8) is 0 Å². The van der Waals surface area contributed by atoms with Crippen LogP contribution in [0.5, 0.6) is 5.75 Å². The van der Waals surface area contributed by atoms with Crippen LogP contribution in [0.3, 0.4) is 0 Å². The van der Waals surface area contributed by atoms with Crippen molar-refractivity contribution in [1.82, 2.24) is 10.3 Å². The SMILES string of the molecule is C/C(N)=C/c1ccccc1OCCNCc1cncc(-c2ccccc2F)c1. The highest BCUT2D eigenvalue weighted by atomic mass is 19.1. The molecule has 4 nitrogen and oxygen atoms in total. The van der Waals surface area contributed by atoms with Crippen molar-refractivity contribution < 1.29 is 9.13 Å². The number of aromatic nitrogens is 1. The summed E-state index contributed by atoms with van der Waals surface area (Å²) in [4.78, 5) is 4.23. The summed E-state index contributed by atoms with van der Waals surface area (Å²) in [5.74, 6) is 0.556. The molecule has 0 saturated carbocycles. The molecule has 3 aromatic rings. The van der Waals surface area contributed by atoms with Crippen molar-refractivity contribution in [3.05, 3.63) is 89.6 Å². The predicted octanol–water partition coefficient (Wildman–Crippen LogP) is 4.38. The fourth-order valence-electron chi connectivity index (χ4n) is 2.87. The summed E-state index contributed by atoms with van der Waals surface area (Å²) >= 11 is 0. The minimum absolute atomic E-state index is 0.247. The van der Waals surface area contributed by atoms with Crippen LogP contribution in [0.4, 0.5) is 4.39 Å². The maximum atomic E-state index is 14.0. The molecular formula is C23H24FN3O. The molecule has 144 valence electrons. The van der Waals surface area contributed by atoms with Crippen LogP contribution in [0.2, 0.25) is 0 Å². The van der Waals surface area contributed by atoms with E-state index in [0.29, 0.717) is 25.3 Å². The molecule has 0 radical (unpaired) electrons. The second-order valence-electron chi connectivity index (χ2n) is 6.51. The second kappa shape index (κ2) is 9.67. The van der Waals surface area contributed by atoms with E-state index >= 15 is 0 Å². The standard InChI is InChI=1S/C23H24FN3O/c1-17(25)12-19-6-2-5-9-23(19)28-11-10-26-14-18-13-20(16-27-15-18)21-7-3-4-8-22(21)24/h2-9,12-13,15-16,26H,10-11,14,25H2,1H3/b17-12-. The molecule has 0 aliphatic rings. The van der Waals surface area contributed by atoms with Gasteiger partial charge in [0, 0.05) is 47.9 Å². The fraction of sp³-hybridized carbons (Fsp3) is 0.174. The highest BCUT2D eigenvalue weighted by molar-refractivity contribution is 5.63. The summed E-state index contributed by atoms with van der Waals surface area (Å²) in [5.41, 5.74) is 9.77. The first-order valence-corrected chi connectivity index (χ1v) is 9.18. The number of pyridine rings is 1. The lowest BCUT2D eigenvalue weighted by Gasteiger charge is -2.11. The van der Waals surface area contributed by atoms with E-state index in [1.807, 2.05) is 49.4 Å². The lowest BCUT2D eigenvalue weighted by atomic mass is 10.1. The van der Waals surface area contributed by atoms with Gasteiger partial charge in [-0.1, -0.05) is 36.4 Å². The number of nitrogens with one attached hydrogen (secondary N) is 1. The average Bonchev–Trinajstić information content (AvgIpc) is 2.69. The monoisotopic (exact) mass is 377 g/mol. The summed E-state index contributed by atoms with van der Waals surface area (Å²) in [6.07, 6.45) is 5.35. The normalized spacial score (nSPS) is 11.4. The van der Waals surface area contributed by atoms with Crippen LogP contribution < -0.4 is 15.8 Å². The zero-order valence-corrected chi connectivity index (χ0v) is 15.9. The number of ether oxygens (including phenoxy) is 1. The molecule has 0 fully saturated rings. The number of nitrogens with zero attached hydrogens (tertiary/aromatic N) is 1. The first-order valence-electron chi connectivity index (χ1n) is 9.18. The van der Waals surface area contributed by atoms with Gasteiger partial charge in [0.2, 0.25) is 0 Å². The maximum absolute atomic E-state index is 14.0. The summed E-state index contributed by atoms with van der Waals surface area (Å²) in [6.45, 7) is 3.67. The van der Waals surface area contributed by atoms with Crippen LogP contribution in [0, 0.1) is 5.82 Å². The summed E-state index contributed by atoms with van der Waals surface area (Å²) in [5, 5.41) is 3.33. The number of benzene rings is 2. The Hall–Kier alpha value is -3.18. The van der Waals surface area contributed by atoms with E-state index < -0.39 is 0 Å². The van der Waals surface area contributed by atoms with Crippen LogP contribution >= 0.6 is 0 Å². The van der Waals surface area contributed by atoms with E-state index in [0.717, 1.165) is 28.1 Å². The van der Waals surface area contributed by atoms with Crippen molar-refractivity contribution in [3.8, 4) is 16.9 Å². The lowest BCUT2D eigenvalue weighted by Crippen LogP contribution is -2.20. The molecule has 0 aliphatic heterocycles. The molecule has 1 aromatic heterocycles. The molecule has 0 spiro atoms. The molecule has 1 heterocycles. The van der Waals surface area contributed by atoms with E-state index in [1.54, 1.807) is 24.5 Å². The average molecular weight is 377 g/mol. The maximum Gasteiger partial charge on any atom is 0.131 e. The Kier molecular flexibility index (Phi) is 6.76. The minimum Gasteiger partial charge on any atom is -0.492 e. The van der Waals surface area contributed by atoms with Crippen molar-refractivity contribution >= 4 is 6.08 Å². The zero-order valence-electron chi connectivity index (χ0n) is 15.9. The molecule has 2 aromatic carbocycles. The third-order valence-corrected chi connectivity index (χ3v) is 4.15. The summed E-state index contributed by atoms with van der Waals surface area (Å²) in [7, 11) is 0. The number of rotatable bonds is 8. The lowest BCUT2D eigenvalue weighted by molar-refractivity contribution is 0.313. The van der Waals surface area contributed by atoms with E-state index in [4.69, 9.17) is 10.5 Å². The van der Waals surface area contributed by atoms with Crippen molar-refractivity contribution in [2.45, 2.75) is 13.5 Å². The summed E-state index contributed by atoms with van der Waals surface area (Å²) < 4.78 is 19.8. The third-order valence-electron chi connectivity index (χ3n) is 4.15. The topological polar surface area (TPSA) is 60.2 Å². The molecule has 0 amide bonds. The molecule has 0 saturated heterocycles. The molecule has 0 bridgehead atoms. The van der Waals surface area contributed by atoms with Gasteiger partial charge in [0.1, 0.15) is 18.2 Å². The van der Waals surface area contributed by atoms with Crippen molar-refractivity contribution in [2.75, 3.05) is 13.2 Å². The number of nitrogens with two attached hydrogens (primary N) is 1. The van der Waals surface area contributed by atoms with Gasteiger partial charge >= 0.3 is 0 Å². The molecule has 3 rings (SSSR count). The van der Waals surface area contributed by atoms with Gasteiger partial charge in [-0.25, -0.2) is 4.39 Å². The third kappa shape index (κ3) is 5.41. The van der Waals surface area contributed by atoms with Crippen LogP contribution in [0.1, 0.15) is 18.1 Å². The van der Waals surface area contributed by atoms with Gasteiger partial charge in [-0.05, 0) is 36.8 Å². The Morgan fingerprint density at radius 2 is 1.93 bits per heavy atom. The van der Waals surface area contributed by atoms with Crippen molar-refractivity contribution in [2.24, 2.45) is 5.73 Å². The number of para-hydroxylation sites is 1. The van der Waals surface area contributed by atoms with Gasteiger partial charge in [0.05, 0.1) is 0 Å². The number of allylic oxidation sites excluding steroid dienone is 1. The van der Waals surface area contributed by atoms with Gasteiger partial charge in [0.25, 0.3) is 0 Å². The Balaban J connectivity index is 1.52. The van der Waals surface area contributed by atoms with E-state index in [9.17, 15) is 4.39 Å². The van der Waals surface area contributed by atoms with Gasteiger partial charge in [-0.15, -0.1) is 0 Å². The second-order valence-corrected chi connectivity index (χ2v) is 6.51. The Labute approximate surface area is 164 Å². The van der Waals surface area contributed by atoms with E-state index in [1.165, 1.54) is 6.07 Å². The number of hydrogen-bond acceptors (Lipinski definition) is 4. The van der Waals surface area contributed by atoms with E-state index in [2.05, 4.69) is 10.3 Å². The summed E-state index contributed by atoms with van der Waals surface area (Å²) in [6, 6.07) is 16.4. The Bertz CT molecular complexity index is 952. The van der Waals surface area contributed by atoms with E-state index in [-0.39, 0.29) is 5.82 Å². The van der Waals surface area contributed by atoms with Crippen molar-refractivity contribution in [1.29, 1.82) is 0 Å². The first-order chi connectivity index (χ1) is 13.6. The van der Waals surface area contributed by atoms with Gasteiger partial charge in [-0.2, -0.15) is 0 Å². The van der Waals surface area contributed by atoms with Gasteiger partial charge in [-0.3, -0.25) is 4.98 Å². The molecule has 0 unspecified atom stereocenters. The van der Waals surface area contributed by atoms with Crippen LogP contribution in [-0.4, -0.2) is 18.1 Å². The Morgan fingerprint density at radius 1 is 1.14 bits per heavy atom. The highest BCUT2D eigenvalue weighted by Gasteiger charge is 2.05. The van der Waals surface area contributed by atoms with Gasteiger partial charge in [0.15, 0.2) is 0 Å². The molecule has 0 aliphatic carbocycles. The molecule has 28 heavy (non-hydrogen) atoms. The quantitative estimate of drug-likeness (QED) is 0.572. The number of halogens is 1. The smallest absolute Gasteiger partial charge is 0.131 e. The van der Waals surface area contributed by atoms with Crippen LogP contribution in [0.25, 0.3) is 17.2 Å². The zero-order chi connectivity index (χ0) is 19.8. The molecule has 3 N–H and O–H groups in total. The first kappa shape index (κ1) is 19.6. The largest absolute Gasteiger partial charge is 0.492 e. The Morgan fingerprint density at radius 3 is 2.75 bits per heavy atom. The van der Waals surface area contributed by atoms with Crippen LogP contribution in [0.15, 0.2) is 72.7 Å². The minimum atomic E-state index is -0.247. The fourth-order valence-corrected chi connectivity index (χ4v) is 2.87. The molecule has 5 heteroatoms.